The molecule has 0 aromatic carbocycles. The van der Waals surface area contributed by atoms with Crippen molar-refractivity contribution in [2.45, 2.75) is 105 Å². The van der Waals surface area contributed by atoms with Crippen molar-refractivity contribution >= 4 is 11.9 Å². The van der Waals surface area contributed by atoms with Crippen LogP contribution in [-0.4, -0.2) is 33.4 Å². The van der Waals surface area contributed by atoms with Crippen molar-refractivity contribution in [1.29, 1.82) is 0 Å². The van der Waals surface area contributed by atoms with E-state index in [-0.39, 0.29) is 28.1 Å². The monoisotopic (exact) mass is 486 g/mol. The van der Waals surface area contributed by atoms with Gasteiger partial charge in [0, 0.05) is 0 Å². The highest BCUT2D eigenvalue weighted by Crippen LogP contribution is 2.75. The number of carboxylic acids is 2. The average Bonchev–Trinajstić information content (AvgIpc) is 2.79. The van der Waals surface area contributed by atoms with Crippen LogP contribution in [0.4, 0.5) is 0 Å². The first kappa shape index (κ1) is 25.3. The smallest absolute Gasteiger partial charge is 0.312 e. The maximum Gasteiger partial charge on any atom is 0.312 e. The van der Waals surface area contributed by atoms with E-state index >= 15 is 0 Å². The summed E-state index contributed by atoms with van der Waals surface area (Å²) in [5, 5.41) is 31.6. The minimum absolute atomic E-state index is 0.00485. The topological polar surface area (TPSA) is 94.8 Å². The summed E-state index contributed by atoms with van der Waals surface area (Å²) in [5.41, 5.74) is -0.584. The fourth-order valence-electron chi connectivity index (χ4n) is 10.8. The van der Waals surface area contributed by atoms with Crippen LogP contribution in [0.1, 0.15) is 99.3 Å². The summed E-state index contributed by atoms with van der Waals surface area (Å²) in [6.45, 7) is 13.5. The molecule has 5 aliphatic carbocycles. The van der Waals surface area contributed by atoms with Gasteiger partial charge in [-0.3, -0.25) is 9.59 Å². The molecule has 5 aliphatic rings. The lowest BCUT2D eigenvalue weighted by Gasteiger charge is -2.71. The molecule has 3 N–H and O–H groups in total. The number of aliphatic hydroxyl groups excluding tert-OH is 1. The Morgan fingerprint density at radius 1 is 0.857 bits per heavy atom. The number of aliphatic carboxylic acids is 2. The van der Waals surface area contributed by atoms with Gasteiger partial charge in [-0.2, -0.15) is 0 Å². The molecule has 0 heterocycles. The standard InChI is InChI=1S/C30H46O5/c1-17-9-14-30(25(34)35)16-15-27(4)19(23(30)18(17)2)7-8-20-26(3)12-11-22(31)29(6,24(32)33)21(26)10-13-28(20,27)5/h7,17-18,20-23,31H,8-16H2,1-6H3,(H,32,33)(H,34,35)/t17-,18+,20-,21-,22-,23+,26-,27-,28-,29+,30+/m1/s1. The fraction of sp³-hybridized carbons (Fsp3) is 0.867. The molecular weight excluding hydrogens is 440 g/mol. The Labute approximate surface area is 210 Å². The van der Waals surface area contributed by atoms with Gasteiger partial charge in [0.2, 0.25) is 0 Å². The minimum atomic E-state index is -1.11. The van der Waals surface area contributed by atoms with Gasteiger partial charge in [0.25, 0.3) is 0 Å². The Morgan fingerprint density at radius 2 is 1.54 bits per heavy atom. The van der Waals surface area contributed by atoms with E-state index in [0.29, 0.717) is 24.2 Å². The third-order valence-corrected chi connectivity index (χ3v) is 13.5. The van der Waals surface area contributed by atoms with Crippen molar-refractivity contribution in [1.82, 2.24) is 0 Å². The number of rotatable bonds is 2. The van der Waals surface area contributed by atoms with Gasteiger partial charge in [0.05, 0.1) is 16.9 Å². The molecule has 0 amide bonds. The van der Waals surface area contributed by atoms with Crippen LogP contribution in [0.2, 0.25) is 0 Å². The third-order valence-electron chi connectivity index (χ3n) is 13.5. The number of carboxylic acid groups (broad SMARTS) is 2. The number of hydrogen-bond acceptors (Lipinski definition) is 3. The number of aliphatic hydroxyl groups is 1. The van der Waals surface area contributed by atoms with Crippen LogP contribution in [-0.2, 0) is 9.59 Å². The second kappa shape index (κ2) is 7.58. The molecule has 5 rings (SSSR count). The maximum absolute atomic E-state index is 12.8. The molecule has 196 valence electrons. The SMILES string of the molecule is C[C@H]1[C@H](C)CC[C@]2(C(=O)O)CC[C@]3(C)C(=CC[C@@H]4[C@@]5(C)CC[C@@H](O)[C@@](C)(C(=O)O)[C@@H]5CC[C@]43C)[C@H]12. The van der Waals surface area contributed by atoms with Crippen molar-refractivity contribution in [3.05, 3.63) is 11.6 Å². The first-order valence-corrected chi connectivity index (χ1v) is 14.1. The van der Waals surface area contributed by atoms with Gasteiger partial charge in [-0.1, -0.05) is 46.3 Å². The third kappa shape index (κ3) is 2.85. The highest BCUT2D eigenvalue weighted by atomic mass is 16.4. The zero-order valence-corrected chi connectivity index (χ0v) is 22.6. The van der Waals surface area contributed by atoms with Gasteiger partial charge >= 0.3 is 11.9 Å². The number of hydrogen-bond donors (Lipinski definition) is 3. The van der Waals surface area contributed by atoms with Crippen molar-refractivity contribution in [2.24, 2.45) is 56.7 Å². The van der Waals surface area contributed by atoms with Crippen LogP contribution >= 0.6 is 0 Å². The summed E-state index contributed by atoms with van der Waals surface area (Å²) in [5.74, 6) is -0.236. The zero-order chi connectivity index (χ0) is 25.8. The largest absolute Gasteiger partial charge is 0.481 e. The molecule has 0 aliphatic heterocycles. The number of fused-ring (bicyclic) bond motifs is 7. The van der Waals surface area contributed by atoms with Crippen LogP contribution in [0.25, 0.3) is 0 Å². The van der Waals surface area contributed by atoms with Gasteiger partial charge in [0.1, 0.15) is 0 Å². The maximum atomic E-state index is 12.8. The Morgan fingerprint density at radius 3 is 2.17 bits per heavy atom. The summed E-state index contributed by atoms with van der Waals surface area (Å²) in [7, 11) is 0. The number of carbonyl (C=O) groups is 2. The molecular formula is C30H46O5. The average molecular weight is 487 g/mol. The quantitative estimate of drug-likeness (QED) is 0.407. The fourth-order valence-corrected chi connectivity index (χ4v) is 10.8. The summed E-state index contributed by atoms with van der Waals surface area (Å²) >= 11 is 0. The van der Waals surface area contributed by atoms with Crippen molar-refractivity contribution in [2.75, 3.05) is 0 Å². The lowest BCUT2D eigenvalue weighted by Crippen LogP contribution is -2.66. The van der Waals surface area contributed by atoms with Crippen LogP contribution in [0.5, 0.6) is 0 Å². The Bertz CT molecular complexity index is 972. The molecule has 4 saturated carbocycles. The van der Waals surface area contributed by atoms with Gasteiger partial charge in [-0.15, -0.1) is 0 Å². The zero-order valence-electron chi connectivity index (χ0n) is 22.6. The predicted octanol–water partition coefficient (Wildman–Crippen LogP) is 6.15. The van der Waals surface area contributed by atoms with E-state index in [2.05, 4.69) is 40.7 Å². The molecule has 0 saturated heterocycles. The van der Waals surface area contributed by atoms with Crippen LogP contribution in [0.3, 0.4) is 0 Å². The molecule has 5 heteroatoms. The predicted molar refractivity (Wildman–Crippen MR) is 135 cm³/mol. The number of allylic oxidation sites excluding steroid dienone is 2. The second-order valence-corrected chi connectivity index (χ2v) is 14.3. The summed E-state index contributed by atoms with van der Waals surface area (Å²) in [6.07, 6.45) is 9.08. The lowest BCUT2D eigenvalue weighted by atomic mass is 9.33. The normalized spacial score (nSPS) is 55.5. The summed E-state index contributed by atoms with van der Waals surface area (Å²) in [4.78, 5) is 25.3. The van der Waals surface area contributed by atoms with Crippen molar-refractivity contribution in [3.63, 3.8) is 0 Å². The van der Waals surface area contributed by atoms with Gasteiger partial charge in [0.15, 0.2) is 0 Å². The Hall–Kier alpha value is -1.36. The Balaban J connectivity index is 1.62. The van der Waals surface area contributed by atoms with Gasteiger partial charge in [-0.05, 0) is 111 Å². The highest BCUT2D eigenvalue weighted by molar-refractivity contribution is 5.77. The van der Waals surface area contributed by atoms with E-state index in [1.54, 1.807) is 6.92 Å². The van der Waals surface area contributed by atoms with Crippen LogP contribution < -0.4 is 0 Å². The first-order valence-electron chi connectivity index (χ1n) is 14.1. The molecule has 0 radical (unpaired) electrons. The molecule has 0 aromatic rings. The molecule has 35 heavy (non-hydrogen) atoms. The van der Waals surface area contributed by atoms with Crippen molar-refractivity contribution < 1.29 is 24.9 Å². The first-order chi connectivity index (χ1) is 16.2. The van der Waals surface area contributed by atoms with E-state index in [9.17, 15) is 24.9 Å². The van der Waals surface area contributed by atoms with Crippen LogP contribution in [0.15, 0.2) is 11.6 Å². The summed E-state index contributed by atoms with van der Waals surface area (Å²) in [6, 6.07) is 0. The molecule has 11 atom stereocenters. The lowest BCUT2D eigenvalue weighted by molar-refractivity contribution is -0.218. The minimum Gasteiger partial charge on any atom is -0.481 e. The summed E-state index contributed by atoms with van der Waals surface area (Å²) < 4.78 is 0. The van der Waals surface area contributed by atoms with E-state index in [4.69, 9.17) is 0 Å². The molecule has 0 unspecified atom stereocenters. The van der Waals surface area contributed by atoms with Gasteiger partial charge in [-0.25, -0.2) is 0 Å². The molecule has 4 fully saturated rings. The van der Waals surface area contributed by atoms with E-state index in [1.807, 2.05) is 0 Å². The van der Waals surface area contributed by atoms with E-state index in [1.165, 1.54) is 5.57 Å². The molecule has 0 spiro atoms. The van der Waals surface area contributed by atoms with Gasteiger partial charge < -0.3 is 15.3 Å². The van der Waals surface area contributed by atoms with E-state index in [0.717, 1.165) is 51.4 Å². The molecule has 0 bridgehead atoms. The highest BCUT2D eigenvalue weighted by Gasteiger charge is 2.70. The van der Waals surface area contributed by atoms with E-state index < -0.39 is 28.9 Å². The Kier molecular flexibility index (Phi) is 5.48. The molecule has 5 nitrogen and oxygen atoms in total. The van der Waals surface area contributed by atoms with Crippen molar-refractivity contribution in [3.8, 4) is 0 Å². The second-order valence-electron chi connectivity index (χ2n) is 14.3. The molecule has 0 aromatic heterocycles. The van der Waals surface area contributed by atoms with Crippen LogP contribution in [0, 0.1) is 56.7 Å².